The van der Waals surface area contributed by atoms with E-state index in [9.17, 15) is 8.78 Å². The second kappa shape index (κ2) is 4.01. The van der Waals surface area contributed by atoms with Gasteiger partial charge in [-0.15, -0.1) is 12.3 Å². The van der Waals surface area contributed by atoms with Crippen molar-refractivity contribution in [2.24, 2.45) is 5.73 Å². The van der Waals surface area contributed by atoms with Gasteiger partial charge in [0.15, 0.2) is 11.6 Å². The van der Waals surface area contributed by atoms with Gasteiger partial charge in [0.25, 0.3) is 0 Å². The Morgan fingerprint density at radius 2 is 2.15 bits per heavy atom. The van der Waals surface area contributed by atoms with Crippen LogP contribution in [0.15, 0.2) is 18.2 Å². The van der Waals surface area contributed by atoms with Crippen LogP contribution in [0.5, 0.6) is 0 Å². The maximum atomic E-state index is 13.1. The molecule has 2 N–H and O–H groups in total. The van der Waals surface area contributed by atoms with Crippen LogP contribution in [0.4, 0.5) is 8.78 Å². The van der Waals surface area contributed by atoms with Crippen molar-refractivity contribution in [1.29, 1.82) is 0 Å². The molecule has 1 rings (SSSR count). The molecule has 13 heavy (non-hydrogen) atoms. The standard InChI is InChI=1S/C10H9F2N/c1-2-4-9(13)7-5-3-6-8(11)10(7)12/h1,3,5-6,9H,4,13H2. The SMILES string of the molecule is C#CCC(N)c1cccc(F)c1F. The summed E-state index contributed by atoms with van der Waals surface area (Å²) in [4.78, 5) is 0. The number of halogens is 2. The van der Waals surface area contributed by atoms with Gasteiger partial charge in [-0.3, -0.25) is 0 Å². The molecular weight excluding hydrogens is 172 g/mol. The molecule has 1 aromatic rings. The average molecular weight is 181 g/mol. The summed E-state index contributed by atoms with van der Waals surface area (Å²) in [7, 11) is 0. The molecule has 0 aromatic heterocycles. The van der Waals surface area contributed by atoms with Gasteiger partial charge in [-0.05, 0) is 6.07 Å². The lowest BCUT2D eigenvalue weighted by molar-refractivity contribution is 0.489. The van der Waals surface area contributed by atoms with Crippen molar-refractivity contribution < 1.29 is 8.78 Å². The van der Waals surface area contributed by atoms with Gasteiger partial charge in [0, 0.05) is 18.0 Å². The predicted octanol–water partition coefficient (Wildman–Crippen LogP) is 1.99. The minimum absolute atomic E-state index is 0.123. The molecule has 68 valence electrons. The van der Waals surface area contributed by atoms with Crippen molar-refractivity contribution in [3.63, 3.8) is 0 Å². The summed E-state index contributed by atoms with van der Waals surface area (Å²) >= 11 is 0. The van der Waals surface area contributed by atoms with E-state index in [1.54, 1.807) is 0 Å². The highest BCUT2D eigenvalue weighted by atomic mass is 19.2. The van der Waals surface area contributed by atoms with Gasteiger partial charge in [-0.25, -0.2) is 8.78 Å². The molecule has 0 bridgehead atoms. The first-order valence-corrected chi connectivity index (χ1v) is 3.79. The molecule has 3 heteroatoms. The van der Waals surface area contributed by atoms with Crippen LogP contribution in [0.25, 0.3) is 0 Å². The van der Waals surface area contributed by atoms with Gasteiger partial charge in [0.2, 0.25) is 0 Å². The highest BCUT2D eigenvalue weighted by Crippen LogP contribution is 2.19. The first kappa shape index (κ1) is 9.69. The van der Waals surface area contributed by atoms with Crippen molar-refractivity contribution in [3.05, 3.63) is 35.4 Å². The molecule has 0 saturated heterocycles. The van der Waals surface area contributed by atoms with E-state index in [1.165, 1.54) is 12.1 Å². The molecule has 0 heterocycles. The maximum absolute atomic E-state index is 13.1. The van der Waals surface area contributed by atoms with E-state index in [0.29, 0.717) is 0 Å². The molecule has 1 aromatic carbocycles. The quantitative estimate of drug-likeness (QED) is 0.694. The zero-order valence-corrected chi connectivity index (χ0v) is 6.93. The zero-order valence-electron chi connectivity index (χ0n) is 6.93. The molecule has 0 fully saturated rings. The van der Waals surface area contributed by atoms with Crippen molar-refractivity contribution in [2.75, 3.05) is 0 Å². The average Bonchev–Trinajstić information content (AvgIpc) is 2.10. The number of terminal acetylenes is 1. The monoisotopic (exact) mass is 181 g/mol. The lowest BCUT2D eigenvalue weighted by Gasteiger charge is -2.09. The Morgan fingerprint density at radius 3 is 2.77 bits per heavy atom. The van der Waals surface area contributed by atoms with Crippen molar-refractivity contribution in [3.8, 4) is 12.3 Å². The summed E-state index contributed by atoms with van der Waals surface area (Å²) in [6, 6.07) is 3.24. The summed E-state index contributed by atoms with van der Waals surface area (Å²) in [5.41, 5.74) is 5.65. The van der Waals surface area contributed by atoms with Crippen LogP contribution in [0.1, 0.15) is 18.0 Å². The van der Waals surface area contributed by atoms with Crippen LogP contribution in [-0.2, 0) is 0 Å². The van der Waals surface area contributed by atoms with Crippen LogP contribution in [0, 0.1) is 24.0 Å². The van der Waals surface area contributed by atoms with Gasteiger partial charge >= 0.3 is 0 Å². The predicted molar refractivity (Wildman–Crippen MR) is 46.7 cm³/mol. The molecule has 0 spiro atoms. The fraction of sp³-hybridized carbons (Fsp3) is 0.200. The minimum atomic E-state index is -0.912. The van der Waals surface area contributed by atoms with E-state index >= 15 is 0 Å². The third kappa shape index (κ3) is 2.04. The molecule has 0 radical (unpaired) electrons. The second-order valence-electron chi connectivity index (χ2n) is 2.66. The maximum Gasteiger partial charge on any atom is 0.163 e. The summed E-state index contributed by atoms with van der Waals surface area (Å²) < 4.78 is 25.7. The van der Waals surface area contributed by atoms with E-state index in [-0.39, 0.29) is 12.0 Å². The Bertz CT molecular complexity index is 341. The van der Waals surface area contributed by atoms with Gasteiger partial charge in [-0.2, -0.15) is 0 Å². The van der Waals surface area contributed by atoms with E-state index < -0.39 is 17.7 Å². The number of hydrogen-bond acceptors (Lipinski definition) is 1. The normalized spacial score (nSPS) is 12.2. The molecular formula is C10H9F2N. The molecule has 0 aliphatic heterocycles. The summed E-state index contributed by atoms with van der Waals surface area (Å²) in [6.45, 7) is 0. The summed E-state index contributed by atoms with van der Waals surface area (Å²) in [5, 5.41) is 0. The Morgan fingerprint density at radius 1 is 1.46 bits per heavy atom. The van der Waals surface area contributed by atoms with E-state index in [4.69, 9.17) is 12.2 Å². The van der Waals surface area contributed by atoms with E-state index in [1.807, 2.05) is 0 Å². The summed E-state index contributed by atoms with van der Waals surface area (Å²) in [6.07, 6.45) is 5.20. The lowest BCUT2D eigenvalue weighted by Crippen LogP contribution is -2.12. The Labute approximate surface area is 75.6 Å². The number of hydrogen-bond donors (Lipinski definition) is 1. The number of nitrogens with two attached hydrogens (primary N) is 1. The molecule has 1 atom stereocenters. The minimum Gasteiger partial charge on any atom is -0.323 e. The first-order chi connectivity index (χ1) is 6.16. The molecule has 0 aliphatic rings. The topological polar surface area (TPSA) is 26.0 Å². The third-order valence-electron chi connectivity index (χ3n) is 1.72. The van der Waals surface area contributed by atoms with Crippen LogP contribution < -0.4 is 5.73 Å². The van der Waals surface area contributed by atoms with Crippen molar-refractivity contribution in [1.82, 2.24) is 0 Å². The molecule has 0 aliphatic carbocycles. The number of rotatable bonds is 2. The van der Waals surface area contributed by atoms with Crippen LogP contribution in [0.3, 0.4) is 0 Å². The Balaban J connectivity index is 3.02. The van der Waals surface area contributed by atoms with E-state index in [2.05, 4.69) is 5.92 Å². The smallest absolute Gasteiger partial charge is 0.163 e. The third-order valence-corrected chi connectivity index (χ3v) is 1.72. The van der Waals surface area contributed by atoms with Gasteiger partial charge < -0.3 is 5.73 Å². The van der Waals surface area contributed by atoms with Crippen molar-refractivity contribution >= 4 is 0 Å². The zero-order chi connectivity index (χ0) is 9.84. The van der Waals surface area contributed by atoms with E-state index in [0.717, 1.165) is 6.07 Å². The van der Waals surface area contributed by atoms with Crippen LogP contribution in [0.2, 0.25) is 0 Å². The van der Waals surface area contributed by atoms with Crippen molar-refractivity contribution in [2.45, 2.75) is 12.5 Å². The largest absolute Gasteiger partial charge is 0.323 e. The summed E-state index contributed by atoms with van der Waals surface area (Å²) in [5.74, 6) is 0.489. The van der Waals surface area contributed by atoms with Crippen LogP contribution in [-0.4, -0.2) is 0 Å². The fourth-order valence-electron chi connectivity index (χ4n) is 1.04. The fourth-order valence-corrected chi connectivity index (χ4v) is 1.04. The Hall–Kier alpha value is -1.40. The molecule has 1 nitrogen and oxygen atoms in total. The molecule has 1 unspecified atom stereocenters. The Kier molecular flexibility index (Phi) is 2.99. The second-order valence-corrected chi connectivity index (χ2v) is 2.66. The van der Waals surface area contributed by atoms with Crippen LogP contribution >= 0.6 is 0 Å². The lowest BCUT2D eigenvalue weighted by atomic mass is 10.0. The molecule has 0 saturated carbocycles. The van der Waals surface area contributed by atoms with Gasteiger partial charge in [0.05, 0.1) is 0 Å². The first-order valence-electron chi connectivity index (χ1n) is 3.79. The molecule has 0 amide bonds. The highest BCUT2D eigenvalue weighted by Gasteiger charge is 2.13. The highest BCUT2D eigenvalue weighted by molar-refractivity contribution is 5.23. The van der Waals surface area contributed by atoms with Gasteiger partial charge in [0.1, 0.15) is 0 Å². The number of benzene rings is 1. The van der Waals surface area contributed by atoms with Gasteiger partial charge in [-0.1, -0.05) is 12.1 Å².